The van der Waals surface area contributed by atoms with E-state index in [0.29, 0.717) is 18.1 Å². The van der Waals surface area contributed by atoms with Crippen molar-refractivity contribution in [3.63, 3.8) is 0 Å². The molecule has 2 aromatic rings. The molecule has 0 aliphatic heterocycles. The van der Waals surface area contributed by atoms with Crippen LogP contribution in [0.5, 0.6) is 5.75 Å². The monoisotopic (exact) mass is 336 g/mol. The third-order valence-corrected chi connectivity index (χ3v) is 4.64. The average Bonchev–Trinajstić information content (AvgIpc) is 2.97. The Kier molecular flexibility index (Phi) is 6.40. The molecule has 0 amide bonds. The first kappa shape index (κ1) is 17.3. The van der Waals surface area contributed by atoms with Crippen LogP contribution in [-0.2, 0) is 16.6 Å². The Morgan fingerprint density at radius 3 is 2.70 bits per heavy atom. The molecule has 0 fully saturated rings. The van der Waals surface area contributed by atoms with Crippen molar-refractivity contribution in [1.29, 1.82) is 0 Å². The van der Waals surface area contributed by atoms with Crippen LogP contribution in [0.1, 0.15) is 34.7 Å². The number of furan rings is 1. The van der Waals surface area contributed by atoms with E-state index in [1.807, 2.05) is 31.2 Å². The summed E-state index contributed by atoms with van der Waals surface area (Å²) in [4.78, 5) is 10.7. The van der Waals surface area contributed by atoms with E-state index in [1.54, 1.807) is 6.07 Å². The summed E-state index contributed by atoms with van der Waals surface area (Å²) in [6.45, 7) is 2.59. The second-order valence-corrected chi connectivity index (χ2v) is 6.76. The van der Waals surface area contributed by atoms with E-state index >= 15 is 0 Å². The maximum Gasteiger partial charge on any atom is 0.371 e. The van der Waals surface area contributed by atoms with Crippen LogP contribution >= 0.6 is 0 Å². The highest BCUT2D eigenvalue weighted by molar-refractivity contribution is 7.84. The molecule has 2 rings (SSSR count). The van der Waals surface area contributed by atoms with Crippen molar-refractivity contribution in [3.05, 3.63) is 53.5 Å². The van der Waals surface area contributed by atoms with E-state index in [0.717, 1.165) is 24.2 Å². The standard InChI is InChI=1S/C17H20O5S/c1-13-6-2-3-7-15(13)21-10-4-5-11-23(20)12-14-8-9-16(22-14)17(18)19/h2-3,6-9H,4-5,10-12H2,1H3,(H,18,19). The molecule has 0 bridgehead atoms. The molecule has 0 saturated carbocycles. The van der Waals surface area contributed by atoms with Gasteiger partial charge < -0.3 is 14.3 Å². The molecule has 1 aromatic carbocycles. The van der Waals surface area contributed by atoms with Gasteiger partial charge in [0.05, 0.1) is 12.4 Å². The van der Waals surface area contributed by atoms with Gasteiger partial charge >= 0.3 is 5.97 Å². The van der Waals surface area contributed by atoms with Gasteiger partial charge in [0.2, 0.25) is 5.76 Å². The smallest absolute Gasteiger partial charge is 0.371 e. The molecule has 1 atom stereocenters. The maximum absolute atomic E-state index is 11.9. The topological polar surface area (TPSA) is 76.7 Å². The van der Waals surface area contributed by atoms with Gasteiger partial charge in [0, 0.05) is 16.6 Å². The first-order valence-corrected chi connectivity index (χ1v) is 8.90. The second-order valence-electron chi connectivity index (χ2n) is 5.18. The molecular weight excluding hydrogens is 316 g/mol. The summed E-state index contributed by atoms with van der Waals surface area (Å²) in [5.74, 6) is 0.868. The zero-order chi connectivity index (χ0) is 16.7. The zero-order valence-electron chi connectivity index (χ0n) is 13.0. The maximum atomic E-state index is 11.9. The number of ether oxygens (including phenoxy) is 1. The van der Waals surface area contributed by atoms with Gasteiger partial charge in [-0.15, -0.1) is 0 Å². The second kappa shape index (κ2) is 8.53. The van der Waals surface area contributed by atoms with Gasteiger partial charge in [-0.1, -0.05) is 18.2 Å². The van der Waals surface area contributed by atoms with Crippen LogP contribution in [0.15, 0.2) is 40.8 Å². The Balaban J connectivity index is 1.65. The fourth-order valence-corrected chi connectivity index (χ4v) is 3.21. The number of aromatic carboxylic acids is 1. The number of aryl methyl sites for hydroxylation is 1. The van der Waals surface area contributed by atoms with Crippen molar-refractivity contribution in [2.24, 2.45) is 0 Å². The van der Waals surface area contributed by atoms with Gasteiger partial charge in [-0.3, -0.25) is 4.21 Å². The van der Waals surface area contributed by atoms with Crippen molar-refractivity contribution >= 4 is 16.8 Å². The third kappa shape index (κ3) is 5.56. The molecule has 1 N–H and O–H groups in total. The first-order valence-electron chi connectivity index (χ1n) is 7.41. The molecule has 124 valence electrons. The molecule has 0 aliphatic carbocycles. The van der Waals surface area contributed by atoms with Crippen molar-refractivity contribution in [2.75, 3.05) is 12.4 Å². The van der Waals surface area contributed by atoms with Crippen molar-refractivity contribution in [2.45, 2.75) is 25.5 Å². The molecule has 0 spiro atoms. The van der Waals surface area contributed by atoms with Crippen LogP contribution in [0.25, 0.3) is 0 Å². The number of unbranched alkanes of at least 4 members (excludes halogenated alkanes) is 1. The van der Waals surface area contributed by atoms with Gasteiger partial charge in [-0.2, -0.15) is 0 Å². The number of carboxylic acids is 1. The number of carboxylic acid groups (broad SMARTS) is 1. The van der Waals surface area contributed by atoms with Crippen molar-refractivity contribution in [1.82, 2.24) is 0 Å². The van der Waals surface area contributed by atoms with Crippen LogP contribution in [0.4, 0.5) is 0 Å². The summed E-state index contributed by atoms with van der Waals surface area (Å²) in [7, 11) is -1.07. The lowest BCUT2D eigenvalue weighted by Gasteiger charge is -2.08. The van der Waals surface area contributed by atoms with E-state index in [1.165, 1.54) is 6.07 Å². The summed E-state index contributed by atoms with van der Waals surface area (Å²) in [5, 5.41) is 8.76. The Hall–Kier alpha value is -2.08. The minimum Gasteiger partial charge on any atom is -0.493 e. The fraction of sp³-hybridized carbons (Fsp3) is 0.353. The number of carbonyl (C=O) groups is 1. The molecule has 0 aliphatic rings. The van der Waals surface area contributed by atoms with Crippen LogP contribution in [0, 0.1) is 6.92 Å². The molecule has 6 heteroatoms. The highest BCUT2D eigenvalue weighted by Crippen LogP contribution is 2.16. The lowest BCUT2D eigenvalue weighted by molar-refractivity contribution is 0.0660. The number of para-hydroxylation sites is 1. The summed E-state index contributed by atoms with van der Waals surface area (Å²) < 4.78 is 22.7. The molecule has 0 radical (unpaired) electrons. The van der Waals surface area contributed by atoms with Gasteiger partial charge in [0.25, 0.3) is 0 Å². The van der Waals surface area contributed by atoms with Crippen LogP contribution in [-0.4, -0.2) is 27.6 Å². The Morgan fingerprint density at radius 1 is 1.22 bits per heavy atom. The highest BCUT2D eigenvalue weighted by Gasteiger charge is 2.11. The number of rotatable bonds is 9. The van der Waals surface area contributed by atoms with Crippen LogP contribution in [0.3, 0.4) is 0 Å². The van der Waals surface area contributed by atoms with Gasteiger partial charge in [0.15, 0.2) is 0 Å². The summed E-state index contributed by atoms with van der Waals surface area (Å²) in [6.07, 6.45) is 1.60. The zero-order valence-corrected chi connectivity index (χ0v) is 13.8. The molecule has 1 heterocycles. The molecular formula is C17H20O5S. The molecule has 5 nitrogen and oxygen atoms in total. The van der Waals surface area contributed by atoms with Gasteiger partial charge in [-0.05, 0) is 43.5 Å². The van der Waals surface area contributed by atoms with Crippen LogP contribution < -0.4 is 4.74 Å². The van der Waals surface area contributed by atoms with Crippen molar-refractivity contribution < 1.29 is 23.3 Å². The van der Waals surface area contributed by atoms with Crippen LogP contribution in [0.2, 0.25) is 0 Å². The SMILES string of the molecule is Cc1ccccc1OCCCCS(=O)Cc1ccc(C(=O)O)o1. The summed E-state index contributed by atoms with van der Waals surface area (Å²) in [6, 6.07) is 10.8. The summed E-state index contributed by atoms with van der Waals surface area (Å²) in [5.41, 5.74) is 1.10. The highest BCUT2D eigenvalue weighted by atomic mass is 32.2. The van der Waals surface area contributed by atoms with Crippen molar-refractivity contribution in [3.8, 4) is 5.75 Å². The minimum absolute atomic E-state index is 0.122. The number of benzene rings is 1. The minimum atomic E-state index is -1.12. The lowest BCUT2D eigenvalue weighted by atomic mass is 10.2. The van der Waals surface area contributed by atoms with E-state index in [2.05, 4.69) is 0 Å². The molecule has 0 saturated heterocycles. The molecule has 1 aromatic heterocycles. The Labute approximate surface area is 137 Å². The van der Waals surface area contributed by atoms with E-state index in [4.69, 9.17) is 14.3 Å². The normalized spacial score (nSPS) is 12.0. The van der Waals surface area contributed by atoms with Gasteiger partial charge in [-0.25, -0.2) is 4.79 Å². The quantitative estimate of drug-likeness (QED) is 0.710. The van der Waals surface area contributed by atoms with E-state index in [9.17, 15) is 9.00 Å². The molecule has 1 unspecified atom stereocenters. The summed E-state index contributed by atoms with van der Waals surface area (Å²) >= 11 is 0. The predicted molar refractivity (Wildman–Crippen MR) is 88.3 cm³/mol. The van der Waals surface area contributed by atoms with E-state index < -0.39 is 16.8 Å². The third-order valence-electron chi connectivity index (χ3n) is 3.29. The Bertz CT molecular complexity index is 677. The number of hydrogen-bond donors (Lipinski definition) is 1. The largest absolute Gasteiger partial charge is 0.493 e. The first-order chi connectivity index (χ1) is 11.1. The number of hydrogen-bond acceptors (Lipinski definition) is 4. The fourth-order valence-electron chi connectivity index (χ4n) is 2.07. The van der Waals surface area contributed by atoms with E-state index in [-0.39, 0.29) is 11.5 Å². The lowest BCUT2D eigenvalue weighted by Crippen LogP contribution is -2.04. The predicted octanol–water partition coefficient (Wildman–Crippen LogP) is 3.39. The average molecular weight is 336 g/mol. The van der Waals surface area contributed by atoms with Gasteiger partial charge in [0.1, 0.15) is 11.5 Å². The molecule has 23 heavy (non-hydrogen) atoms. The Morgan fingerprint density at radius 2 is 2.00 bits per heavy atom.